The van der Waals surface area contributed by atoms with Crippen molar-refractivity contribution in [3.8, 4) is 28.4 Å². The molecule has 30 heavy (non-hydrogen) atoms. The lowest BCUT2D eigenvalue weighted by molar-refractivity contribution is -0.137. The first-order valence-electron chi connectivity index (χ1n) is 10.8. The second-order valence-corrected chi connectivity index (χ2v) is 8.00. The van der Waals surface area contributed by atoms with Crippen molar-refractivity contribution in [1.82, 2.24) is 9.80 Å². The van der Waals surface area contributed by atoms with Crippen molar-refractivity contribution >= 4 is 5.91 Å². The fraction of sp³-hybridized carbons (Fsp3) is 0.458. The summed E-state index contributed by atoms with van der Waals surface area (Å²) in [4.78, 5) is 17.0. The van der Waals surface area contributed by atoms with Crippen LogP contribution in [0.4, 0.5) is 0 Å². The Morgan fingerprint density at radius 2 is 1.83 bits per heavy atom. The molecule has 4 rings (SSSR count). The SMILES string of the molecule is CCN(CC)C(=O)[C@@H]1CCCN(Cc2cc(-c3ccc4c(c3)OCO4)ccc2O)C1. The molecule has 1 N–H and O–H groups in total. The van der Waals surface area contributed by atoms with Crippen LogP contribution >= 0.6 is 0 Å². The maximum atomic E-state index is 12.8. The van der Waals surface area contributed by atoms with Crippen LogP contribution in [0.3, 0.4) is 0 Å². The Morgan fingerprint density at radius 1 is 1.10 bits per heavy atom. The van der Waals surface area contributed by atoms with E-state index in [9.17, 15) is 9.90 Å². The van der Waals surface area contributed by atoms with Crippen LogP contribution in [0.2, 0.25) is 0 Å². The number of hydrogen-bond acceptors (Lipinski definition) is 5. The molecule has 0 radical (unpaired) electrons. The molecule has 2 aliphatic rings. The number of phenolic OH excluding ortho intramolecular Hbond substituents is 1. The number of nitrogens with zero attached hydrogens (tertiary/aromatic N) is 2. The number of piperidine rings is 1. The normalized spacial score (nSPS) is 18.4. The van der Waals surface area contributed by atoms with E-state index in [4.69, 9.17) is 9.47 Å². The fourth-order valence-electron chi connectivity index (χ4n) is 4.40. The van der Waals surface area contributed by atoms with E-state index in [0.29, 0.717) is 6.54 Å². The number of benzene rings is 2. The van der Waals surface area contributed by atoms with E-state index >= 15 is 0 Å². The Kier molecular flexibility index (Phi) is 6.13. The number of ether oxygens (including phenoxy) is 2. The summed E-state index contributed by atoms with van der Waals surface area (Å²) in [6.07, 6.45) is 1.94. The molecule has 2 aromatic rings. The van der Waals surface area contributed by atoms with Gasteiger partial charge in [0.15, 0.2) is 11.5 Å². The zero-order chi connectivity index (χ0) is 21.1. The Bertz CT molecular complexity index is 910. The standard InChI is InChI=1S/C24H30N2O4/c1-3-26(4-2)24(28)19-6-5-11-25(14-19)15-20-12-17(7-9-21(20)27)18-8-10-22-23(13-18)30-16-29-22/h7-10,12-13,19,27H,3-6,11,14-16H2,1-2H3/t19-/m1/s1. The molecule has 0 unspecified atom stereocenters. The molecule has 1 atom stereocenters. The number of amides is 1. The molecule has 2 aromatic carbocycles. The number of phenols is 1. The van der Waals surface area contributed by atoms with Crippen LogP contribution < -0.4 is 9.47 Å². The van der Waals surface area contributed by atoms with E-state index in [1.165, 1.54) is 0 Å². The molecule has 1 amide bonds. The average Bonchev–Trinajstić information content (AvgIpc) is 3.24. The van der Waals surface area contributed by atoms with Crippen molar-refractivity contribution in [2.45, 2.75) is 33.2 Å². The van der Waals surface area contributed by atoms with Crippen LogP contribution in [0.5, 0.6) is 17.2 Å². The second-order valence-electron chi connectivity index (χ2n) is 8.00. The summed E-state index contributed by atoms with van der Waals surface area (Å²) in [5.74, 6) is 2.09. The first-order chi connectivity index (χ1) is 14.6. The number of carbonyl (C=O) groups is 1. The minimum absolute atomic E-state index is 0.0397. The van der Waals surface area contributed by atoms with E-state index < -0.39 is 0 Å². The Hall–Kier alpha value is -2.73. The maximum absolute atomic E-state index is 12.8. The van der Waals surface area contributed by atoms with Crippen molar-refractivity contribution in [2.24, 2.45) is 5.92 Å². The van der Waals surface area contributed by atoms with Gasteiger partial charge in [-0.1, -0.05) is 12.1 Å². The van der Waals surface area contributed by atoms with E-state index in [2.05, 4.69) is 4.90 Å². The van der Waals surface area contributed by atoms with Gasteiger partial charge in [-0.05, 0) is 68.6 Å². The van der Waals surface area contributed by atoms with E-state index in [0.717, 1.165) is 67.2 Å². The zero-order valence-electron chi connectivity index (χ0n) is 17.8. The van der Waals surface area contributed by atoms with Crippen LogP contribution in [-0.2, 0) is 11.3 Å². The largest absolute Gasteiger partial charge is 0.508 e. The van der Waals surface area contributed by atoms with Gasteiger partial charge in [-0.15, -0.1) is 0 Å². The monoisotopic (exact) mass is 410 g/mol. The number of carbonyl (C=O) groups excluding carboxylic acids is 1. The van der Waals surface area contributed by atoms with Crippen molar-refractivity contribution in [3.63, 3.8) is 0 Å². The van der Waals surface area contributed by atoms with Crippen molar-refractivity contribution < 1.29 is 19.4 Å². The summed E-state index contributed by atoms with van der Waals surface area (Å²) in [5, 5.41) is 10.5. The molecule has 2 aliphatic heterocycles. The third-order valence-electron chi connectivity index (χ3n) is 6.11. The predicted octanol–water partition coefficient (Wildman–Crippen LogP) is 3.87. The summed E-state index contributed by atoms with van der Waals surface area (Å²) >= 11 is 0. The van der Waals surface area contributed by atoms with Crippen molar-refractivity contribution in [3.05, 3.63) is 42.0 Å². The quantitative estimate of drug-likeness (QED) is 0.783. The van der Waals surface area contributed by atoms with Crippen LogP contribution in [0.15, 0.2) is 36.4 Å². The molecule has 6 nitrogen and oxygen atoms in total. The molecular formula is C24H30N2O4. The second kappa shape index (κ2) is 8.96. The Balaban J connectivity index is 1.49. The van der Waals surface area contributed by atoms with Gasteiger partial charge in [0.1, 0.15) is 5.75 Å². The summed E-state index contributed by atoms with van der Waals surface area (Å²) in [6.45, 7) is 8.13. The summed E-state index contributed by atoms with van der Waals surface area (Å²) < 4.78 is 10.9. The van der Waals surface area contributed by atoms with Gasteiger partial charge in [0.2, 0.25) is 12.7 Å². The number of fused-ring (bicyclic) bond motifs is 1. The van der Waals surface area contributed by atoms with Gasteiger partial charge >= 0.3 is 0 Å². The highest BCUT2D eigenvalue weighted by Crippen LogP contribution is 2.37. The highest BCUT2D eigenvalue weighted by molar-refractivity contribution is 5.79. The highest BCUT2D eigenvalue weighted by atomic mass is 16.7. The molecule has 0 aliphatic carbocycles. The molecule has 1 saturated heterocycles. The topological polar surface area (TPSA) is 62.2 Å². The molecule has 2 heterocycles. The van der Waals surface area contributed by atoms with Crippen LogP contribution in [0, 0.1) is 5.92 Å². The maximum Gasteiger partial charge on any atom is 0.231 e. The van der Waals surface area contributed by atoms with E-state index in [1.807, 2.05) is 49.1 Å². The van der Waals surface area contributed by atoms with Gasteiger partial charge in [-0.3, -0.25) is 9.69 Å². The lowest BCUT2D eigenvalue weighted by Crippen LogP contribution is -2.44. The molecule has 6 heteroatoms. The fourth-order valence-corrected chi connectivity index (χ4v) is 4.40. The Labute approximate surface area is 178 Å². The number of hydrogen-bond donors (Lipinski definition) is 1. The zero-order valence-corrected chi connectivity index (χ0v) is 17.8. The van der Waals surface area contributed by atoms with Crippen molar-refractivity contribution in [2.75, 3.05) is 33.0 Å². The third kappa shape index (κ3) is 4.24. The molecule has 0 aromatic heterocycles. The molecule has 0 spiro atoms. The van der Waals surface area contributed by atoms with Crippen LogP contribution in [0.1, 0.15) is 32.3 Å². The van der Waals surface area contributed by atoms with Crippen LogP contribution in [0.25, 0.3) is 11.1 Å². The molecule has 160 valence electrons. The lowest BCUT2D eigenvalue weighted by Gasteiger charge is -2.34. The minimum Gasteiger partial charge on any atom is -0.508 e. The summed E-state index contributed by atoms with van der Waals surface area (Å²) in [5.41, 5.74) is 2.92. The number of likely N-dealkylation sites (tertiary alicyclic amines) is 1. The third-order valence-corrected chi connectivity index (χ3v) is 6.11. The highest BCUT2D eigenvalue weighted by Gasteiger charge is 2.28. The number of aromatic hydroxyl groups is 1. The Morgan fingerprint density at radius 3 is 2.63 bits per heavy atom. The average molecular weight is 411 g/mol. The van der Waals surface area contributed by atoms with Crippen molar-refractivity contribution in [1.29, 1.82) is 0 Å². The van der Waals surface area contributed by atoms with Gasteiger partial charge in [0, 0.05) is 31.7 Å². The lowest BCUT2D eigenvalue weighted by atomic mass is 9.95. The first-order valence-corrected chi connectivity index (χ1v) is 10.8. The van der Waals surface area contributed by atoms with Gasteiger partial charge in [-0.2, -0.15) is 0 Å². The van der Waals surface area contributed by atoms with E-state index in [-0.39, 0.29) is 24.4 Å². The van der Waals surface area contributed by atoms with Gasteiger partial charge in [-0.25, -0.2) is 0 Å². The summed E-state index contributed by atoms with van der Waals surface area (Å²) in [6, 6.07) is 11.6. The molecule has 0 bridgehead atoms. The van der Waals surface area contributed by atoms with Crippen LogP contribution in [-0.4, -0.2) is 53.8 Å². The minimum atomic E-state index is 0.0397. The predicted molar refractivity (Wildman–Crippen MR) is 116 cm³/mol. The van der Waals surface area contributed by atoms with E-state index in [1.54, 1.807) is 6.07 Å². The number of rotatable bonds is 6. The molecule has 1 fully saturated rings. The smallest absolute Gasteiger partial charge is 0.231 e. The molecular weight excluding hydrogens is 380 g/mol. The molecule has 0 saturated carbocycles. The van der Waals surface area contributed by atoms with Gasteiger partial charge in [0.05, 0.1) is 5.92 Å². The van der Waals surface area contributed by atoms with Gasteiger partial charge in [0.25, 0.3) is 0 Å². The summed E-state index contributed by atoms with van der Waals surface area (Å²) in [7, 11) is 0. The van der Waals surface area contributed by atoms with Gasteiger partial charge < -0.3 is 19.5 Å². The first kappa shape index (κ1) is 20.5.